The minimum absolute atomic E-state index is 0.0787. The summed E-state index contributed by atoms with van der Waals surface area (Å²) in [5, 5.41) is 3.62. The predicted octanol–water partition coefficient (Wildman–Crippen LogP) is 1.12. The van der Waals surface area contributed by atoms with Crippen molar-refractivity contribution in [1.82, 2.24) is 4.90 Å². The number of hydrogen-bond acceptors (Lipinski definition) is 7. The van der Waals surface area contributed by atoms with E-state index >= 15 is 0 Å². The lowest BCUT2D eigenvalue weighted by Gasteiger charge is -2.32. The highest BCUT2D eigenvalue weighted by molar-refractivity contribution is 5.93. The number of nitrogens with two attached hydrogens (primary N) is 2. The van der Waals surface area contributed by atoms with Crippen molar-refractivity contribution in [3.05, 3.63) is 11.5 Å². The summed E-state index contributed by atoms with van der Waals surface area (Å²) in [6.45, 7) is 6.51. The molecule has 1 saturated heterocycles. The standard InChI is InChI=1S/C14H26N4O4/c1-9(2)21-14(19)18-7-5-11(6-8-18)22-13(17-16)10(3)12(15)20-4/h9,11H,5-8,15-16H2,1-4H3. The van der Waals surface area contributed by atoms with E-state index in [4.69, 9.17) is 25.8 Å². The summed E-state index contributed by atoms with van der Waals surface area (Å²) < 4.78 is 15.9. The molecule has 0 bridgehead atoms. The van der Waals surface area contributed by atoms with Crippen LogP contribution in [0, 0.1) is 0 Å². The van der Waals surface area contributed by atoms with Gasteiger partial charge in [0.05, 0.1) is 18.8 Å². The van der Waals surface area contributed by atoms with Gasteiger partial charge < -0.3 is 30.7 Å². The van der Waals surface area contributed by atoms with Crippen molar-refractivity contribution in [3.8, 4) is 0 Å². The van der Waals surface area contributed by atoms with Gasteiger partial charge in [0, 0.05) is 25.9 Å². The first kappa shape index (κ1) is 17.9. The van der Waals surface area contributed by atoms with Crippen LogP contribution in [-0.4, -0.2) is 49.3 Å². The van der Waals surface area contributed by atoms with Gasteiger partial charge in [-0.2, -0.15) is 0 Å². The minimum atomic E-state index is -0.291. The smallest absolute Gasteiger partial charge is 0.410 e. The normalized spacial score (nSPS) is 18.0. The number of amides is 1. The first-order chi connectivity index (χ1) is 10.4. The molecule has 0 aromatic rings. The molecule has 0 saturated carbocycles. The van der Waals surface area contributed by atoms with E-state index in [0.29, 0.717) is 31.5 Å². The van der Waals surface area contributed by atoms with Crippen molar-refractivity contribution in [2.24, 2.45) is 16.7 Å². The van der Waals surface area contributed by atoms with Gasteiger partial charge in [0.25, 0.3) is 0 Å². The summed E-state index contributed by atoms with van der Waals surface area (Å²) in [5.74, 6) is 5.81. The molecule has 0 atom stereocenters. The molecular weight excluding hydrogens is 288 g/mol. The molecule has 1 heterocycles. The van der Waals surface area contributed by atoms with Crippen LogP contribution in [0.15, 0.2) is 16.6 Å². The molecule has 1 aliphatic rings. The fourth-order valence-electron chi connectivity index (χ4n) is 2.06. The van der Waals surface area contributed by atoms with E-state index in [1.54, 1.807) is 11.8 Å². The zero-order chi connectivity index (χ0) is 16.7. The van der Waals surface area contributed by atoms with Crippen LogP contribution in [-0.2, 0) is 14.2 Å². The van der Waals surface area contributed by atoms with Crippen molar-refractivity contribution in [2.45, 2.75) is 45.8 Å². The van der Waals surface area contributed by atoms with Gasteiger partial charge in [-0.25, -0.2) is 4.79 Å². The summed E-state index contributed by atoms with van der Waals surface area (Å²) >= 11 is 0. The van der Waals surface area contributed by atoms with Gasteiger partial charge in [-0.05, 0) is 20.8 Å². The molecule has 126 valence electrons. The van der Waals surface area contributed by atoms with Crippen molar-refractivity contribution in [3.63, 3.8) is 0 Å². The Kier molecular flexibility index (Phi) is 6.81. The Morgan fingerprint density at radius 3 is 2.36 bits per heavy atom. The number of nitrogens with zero attached hydrogens (tertiary/aromatic N) is 2. The van der Waals surface area contributed by atoms with Crippen LogP contribution in [0.2, 0.25) is 0 Å². The van der Waals surface area contributed by atoms with Gasteiger partial charge in [0.1, 0.15) is 6.10 Å². The molecular formula is C14H26N4O4. The van der Waals surface area contributed by atoms with Crippen LogP contribution in [0.5, 0.6) is 0 Å². The third-order valence-electron chi connectivity index (χ3n) is 3.34. The lowest BCUT2D eigenvalue weighted by atomic mass is 10.1. The molecule has 1 rings (SSSR count). The molecule has 0 aliphatic carbocycles. The fraction of sp³-hybridized carbons (Fsp3) is 0.714. The SMILES string of the molecule is COC(N)=C(C)C(=NN)OC1CCN(C(=O)OC(C)C)CC1. The minimum Gasteiger partial charge on any atom is -0.482 e. The Balaban J connectivity index is 2.53. The number of carbonyl (C=O) groups excluding carboxylic acids is 1. The van der Waals surface area contributed by atoms with E-state index in [2.05, 4.69) is 5.10 Å². The van der Waals surface area contributed by atoms with Crippen LogP contribution in [0.3, 0.4) is 0 Å². The first-order valence-electron chi connectivity index (χ1n) is 7.29. The highest BCUT2D eigenvalue weighted by Gasteiger charge is 2.26. The summed E-state index contributed by atoms with van der Waals surface area (Å²) in [4.78, 5) is 13.5. The van der Waals surface area contributed by atoms with Crippen LogP contribution in [0.25, 0.3) is 0 Å². The highest BCUT2D eigenvalue weighted by Crippen LogP contribution is 2.17. The number of likely N-dealkylation sites (tertiary alicyclic amines) is 1. The summed E-state index contributed by atoms with van der Waals surface area (Å²) in [6, 6.07) is 0. The van der Waals surface area contributed by atoms with E-state index in [9.17, 15) is 4.79 Å². The maximum atomic E-state index is 11.8. The number of methoxy groups -OCH3 is 1. The summed E-state index contributed by atoms with van der Waals surface area (Å²) in [6.07, 6.45) is 0.854. The monoisotopic (exact) mass is 314 g/mol. The maximum Gasteiger partial charge on any atom is 0.410 e. The van der Waals surface area contributed by atoms with Crippen molar-refractivity contribution >= 4 is 12.0 Å². The second-order valence-corrected chi connectivity index (χ2v) is 5.36. The van der Waals surface area contributed by atoms with E-state index in [1.165, 1.54) is 7.11 Å². The molecule has 0 aromatic carbocycles. The molecule has 0 radical (unpaired) electrons. The van der Waals surface area contributed by atoms with Crippen molar-refractivity contribution in [2.75, 3.05) is 20.2 Å². The van der Waals surface area contributed by atoms with Crippen molar-refractivity contribution in [1.29, 1.82) is 0 Å². The molecule has 0 unspecified atom stereocenters. The van der Waals surface area contributed by atoms with Gasteiger partial charge in [0.2, 0.25) is 5.90 Å². The molecule has 1 aliphatic heterocycles. The average Bonchev–Trinajstić information content (AvgIpc) is 2.51. The summed E-state index contributed by atoms with van der Waals surface area (Å²) in [7, 11) is 1.46. The second kappa shape index (κ2) is 8.35. The lowest BCUT2D eigenvalue weighted by Crippen LogP contribution is -2.42. The van der Waals surface area contributed by atoms with Crippen LogP contribution in [0.4, 0.5) is 4.79 Å². The maximum absolute atomic E-state index is 11.8. The van der Waals surface area contributed by atoms with Crippen LogP contribution < -0.4 is 11.6 Å². The molecule has 0 aromatic heterocycles. The molecule has 4 N–H and O–H groups in total. The predicted molar refractivity (Wildman–Crippen MR) is 82.8 cm³/mol. The van der Waals surface area contributed by atoms with Gasteiger partial charge >= 0.3 is 6.09 Å². The Morgan fingerprint density at radius 2 is 1.91 bits per heavy atom. The van der Waals surface area contributed by atoms with E-state index in [0.717, 1.165) is 0 Å². The third kappa shape index (κ3) is 5.01. The van der Waals surface area contributed by atoms with Gasteiger partial charge in [-0.3, -0.25) is 0 Å². The highest BCUT2D eigenvalue weighted by atomic mass is 16.6. The Labute approximate surface area is 131 Å². The molecule has 8 heteroatoms. The number of hydrazone groups is 1. The van der Waals surface area contributed by atoms with Gasteiger partial charge in [-0.1, -0.05) is 0 Å². The number of carbonyl (C=O) groups is 1. The fourth-order valence-corrected chi connectivity index (χ4v) is 2.06. The third-order valence-corrected chi connectivity index (χ3v) is 3.34. The lowest BCUT2D eigenvalue weighted by molar-refractivity contribution is 0.0490. The quantitative estimate of drug-likeness (QED) is 0.264. The molecule has 0 spiro atoms. The zero-order valence-electron chi connectivity index (χ0n) is 13.7. The number of rotatable bonds is 4. The van der Waals surface area contributed by atoms with E-state index in [1.807, 2.05) is 13.8 Å². The number of piperidine rings is 1. The molecule has 22 heavy (non-hydrogen) atoms. The molecule has 8 nitrogen and oxygen atoms in total. The largest absolute Gasteiger partial charge is 0.482 e. The topological polar surface area (TPSA) is 112 Å². The van der Waals surface area contributed by atoms with E-state index < -0.39 is 0 Å². The van der Waals surface area contributed by atoms with E-state index in [-0.39, 0.29) is 30.1 Å². The number of ether oxygens (including phenoxy) is 3. The molecule has 1 fully saturated rings. The Bertz CT molecular complexity index is 440. The van der Waals surface area contributed by atoms with Crippen LogP contribution in [0.1, 0.15) is 33.6 Å². The van der Waals surface area contributed by atoms with Crippen molar-refractivity contribution < 1.29 is 19.0 Å². The second-order valence-electron chi connectivity index (χ2n) is 5.36. The number of hydrogen-bond donors (Lipinski definition) is 2. The molecule has 1 amide bonds. The zero-order valence-corrected chi connectivity index (χ0v) is 13.7. The Morgan fingerprint density at radius 1 is 1.32 bits per heavy atom. The first-order valence-corrected chi connectivity index (χ1v) is 7.29. The average molecular weight is 314 g/mol. The van der Waals surface area contributed by atoms with Gasteiger partial charge in [-0.15, -0.1) is 5.10 Å². The summed E-state index contributed by atoms with van der Waals surface area (Å²) in [5.41, 5.74) is 6.23. The Hall–Kier alpha value is -2.12. The van der Waals surface area contributed by atoms with Crippen LogP contribution >= 0.6 is 0 Å². The van der Waals surface area contributed by atoms with Gasteiger partial charge in [0.15, 0.2) is 5.88 Å².